The summed E-state index contributed by atoms with van der Waals surface area (Å²) in [6.07, 6.45) is 1.75. The number of aromatic nitrogens is 2. The highest BCUT2D eigenvalue weighted by molar-refractivity contribution is 9.10. The molecule has 1 aromatic carbocycles. The van der Waals surface area contributed by atoms with Gasteiger partial charge in [-0.2, -0.15) is 5.10 Å². The summed E-state index contributed by atoms with van der Waals surface area (Å²) in [5.41, 5.74) is 8.14. The second-order valence-corrected chi connectivity index (χ2v) is 5.07. The standard InChI is InChI=1S/C13H15BrN4O/c1-8(15)10-4-3-9(7-11(10)14)18-6-5-12(17-18)13(19)16-2/h3-8H,15H2,1-2H3,(H,16,19). The minimum Gasteiger partial charge on any atom is -0.354 e. The van der Waals surface area contributed by atoms with Gasteiger partial charge in [-0.05, 0) is 30.7 Å². The van der Waals surface area contributed by atoms with Crippen molar-refractivity contribution in [3.05, 3.63) is 46.2 Å². The zero-order chi connectivity index (χ0) is 14.0. The van der Waals surface area contributed by atoms with Gasteiger partial charge < -0.3 is 11.1 Å². The minimum absolute atomic E-state index is 0.0394. The van der Waals surface area contributed by atoms with Gasteiger partial charge >= 0.3 is 0 Å². The number of benzene rings is 1. The van der Waals surface area contributed by atoms with Crippen LogP contribution in [0.5, 0.6) is 0 Å². The van der Waals surface area contributed by atoms with E-state index in [0.29, 0.717) is 5.69 Å². The zero-order valence-electron chi connectivity index (χ0n) is 10.7. The molecule has 0 spiro atoms. The van der Waals surface area contributed by atoms with Crippen LogP contribution in [0.3, 0.4) is 0 Å². The van der Waals surface area contributed by atoms with Crippen LogP contribution in [0.2, 0.25) is 0 Å². The second-order valence-electron chi connectivity index (χ2n) is 4.22. The van der Waals surface area contributed by atoms with E-state index < -0.39 is 0 Å². The molecule has 0 saturated heterocycles. The molecule has 1 atom stereocenters. The molecule has 0 bridgehead atoms. The Labute approximate surface area is 119 Å². The van der Waals surface area contributed by atoms with Gasteiger partial charge in [0.25, 0.3) is 5.91 Å². The molecule has 6 heteroatoms. The lowest BCUT2D eigenvalue weighted by Gasteiger charge is -2.10. The molecule has 1 aromatic heterocycles. The van der Waals surface area contributed by atoms with Gasteiger partial charge in [-0.15, -0.1) is 0 Å². The van der Waals surface area contributed by atoms with E-state index in [4.69, 9.17) is 5.73 Å². The van der Waals surface area contributed by atoms with Crippen molar-refractivity contribution in [2.45, 2.75) is 13.0 Å². The molecule has 1 amide bonds. The molecule has 3 N–H and O–H groups in total. The van der Waals surface area contributed by atoms with Gasteiger partial charge in [0, 0.05) is 23.8 Å². The minimum atomic E-state index is -0.204. The van der Waals surface area contributed by atoms with Crippen molar-refractivity contribution >= 4 is 21.8 Å². The van der Waals surface area contributed by atoms with Gasteiger partial charge in [0.05, 0.1) is 5.69 Å². The highest BCUT2D eigenvalue weighted by Gasteiger charge is 2.10. The maximum Gasteiger partial charge on any atom is 0.271 e. The molecule has 1 heterocycles. The van der Waals surface area contributed by atoms with Gasteiger partial charge in [-0.25, -0.2) is 4.68 Å². The Kier molecular flexibility index (Phi) is 4.01. The molecule has 0 saturated carbocycles. The average molecular weight is 323 g/mol. The maximum atomic E-state index is 11.5. The van der Waals surface area contributed by atoms with E-state index in [9.17, 15) is 4.79 Å². The summed E-state index contributed by atoms with van der Waals surface area (Å²) in [4.78, 5) is 11.5. The first-order chi connectivity index (χ1) is 9.02. The predicted octanol–water partition coefficient (Wildman–Crippen LogP) is 2.01. The van der Waals surface area contributed by atoms with Crippen LogP contribution < -0.4 is 11.1 Å². The third-order valence-electron chi connectivity index (χ3n) is 2.79. The Hall–Kier alpha value is -1.66. The number of rotatable bonds is 3. The molecule has 1 unspecified atom stereocenters. The van der Waals surface area contributed by atoms with E-state index in [0.717, 1.165) is 15.7 Å². The number of nitrogens with one attached hydrogen (secondary N) is 1. The number of amides is 1. The van der Waals surface area contributed by atoms with Crippen molar-refractivity contribution in [1.82, 2.24) is 15.1 Å². The molecular weight excluding hydrogens is 308 g/mol. The molecule has 0 aliphatic carbocycles. The molecule has 2 aromatic rings. The van der Waals surface area contributed by atoms with Crippen LogP contribution >= 0.6 is 15.9 Å². The van der Waals surface area contributed by atoms with Gasteiger partial charge in [-0.1, -0.05) is 22.0 Å². The highest BCUT2D eigenvalue weighted by Crippen LogP contribution is 2.24. The third-order valence-corrected chi connectivity index (χ3v) is 3.47. The fraction of sp³-hybridized carbons (Fsp3) is 0.231. The number of nitrogens with zero attached hydrogens (tertiary/aromatic N) is 2. The number of hydrogen-bond donors (Lipinski definition) is 2. The lowest BCUT2D eigenvalue weighted by molar-refractivity contribution is 0.0957. The molecular formula is C13H15BrN4O. The molecule has 0 aliphatic heterocycles. The van der Waals surface area contributed by atoms with Crippen LogP contribution in [0, 0.1) is 0 Å². The number of carbonyl (C=O) groups is 1. The van der Waals surface area contributed by atoms with Gasteiger partial charge in [0.1, 0.15) is 0 Å². The smallest absolute Gasteiger partial charge is 0.271 e. The average Bonchev–Trinajstić information content (AvgIpc) is 2.86. The number of hydrogen-bond acceptors (Lipinski definition) is 3. The van der Waals surface area contributed by atoms with E-state index in [2.05, 4.69) is 26.3 Å². The maximum absolute atomic E-state index is 11.5. The van der Waals surface area contributed by atoms with Crippen LogP contribution in [0.4, 0.5) is 0 Å². The monoisotopic (exact) mass is 322 g/mol. The van der Waals surface area contributed by atoms with E-state index in [1.807, 2.05) is 25.1 Å². The lowest BCUT2D eigenvalue weighted by Crippen LogP contribution is -2.18. The summed E-state index contributed by atoms with van der Waals surface area (Å²) in [5, 5.41) is 6.76. The molecule has 100 valence electrons. The summed E-state index contributed by atoms with van der Waals surface area (Å²) in [7, 11) is 1.58. The van der Waals surface area contributed by atoms with Gasteiger partial charge in [-0.3, -0.25) is 4.79 Å². The largest absolute Gasteiger partial charge is 0.354 e. The SMILES string of the molecule is CNC(=O)c1ccn(-c2ccc(C(C)N)c(Br)c2)n1. The van der Waals surface area contributed by atoms with Crippen molar-refractivity contribution in [3.8, 4) is 5.69 Å². The lowest BCUT2D eigenvalue weighted by atomic mass is 10.1. The summed E-state index contributed by atoms with van der Waals surface area (Å²) in [6, 6.07) is 7.43. The summed E-state index contributed by atoms with van der Waals surface area (Å²) in [6.45, 7) is 1.93. The van der Waals surface area contributed by atoms with Crippen molar-refractivity contribution in [3.63, 3.8) is 0 Å². The van der Waals surface area contributed by atoms with Gasteiger partial charge in [0.2, 0.25) is 0 Å². The fourth-order valence-electron chi connectivity index (χ4n) is 1.74. The Bertz CT molecular complexity index is 606. The highest BCUT2D eigenvalue weighted by atomic mass is 79.9. The summed E-state index contributed by atoms with van der Waals surface area (Å²) in [5.74, 6) is -0.204. The number of nitrogens with two attached hydrogens (primary N) is 1. The predicted molar refractivity (Wildman–Crippen MR) is 77.3 cm³/mol. The van der Waals surface area contributed by atoms with Gasteiger partial charge in [0.15, 0.2) is 5.69 Å². The third kappa shape index (κ3) is 2.85. The molecule has 2 rings (SSSR count). The van der Waals surface area contributed by atoms with Crippen molar-refractivity contribution in [2.75, 3.05) is 7.05 Å². The topological polar surface area (TPSA) is 72.9 Å². The van der Waals surface area contributed by atoms with Crippen LogP contribution in [0.1, 0.15) is 29.0 Å². The van der Waals surface area contributed by atoms with Crippen LogP contribution in [0.15, 0.2) is 34.9 Å². The van der Waals surface area contributed by atoms with E-state index in [1.165, 1.54) is 0 Å². The molecule has 0 aliphatic rings. The first-order valence-electron chi connectivity index (χ1n) is 5.86. The Morgan fingerprint density at radius 3 is 2.79 bits per heavy atom. The Morgan fingerprint density at radius 2 is 2.21 bits per heavy atom. The van der Waals surface area contributed by atoms with Crippen LogP contribution in [-0.2, 0) is 0 Å². The van der Waals surface area contributed by atoms with Crippen LogP contribution in [-0.4, -0.2) is 22.7 Å². The zero-order valence-corrected chi connectivity index (χ0v) is 12.3. The number of halogens is 1. The molecule has 19 heavy (non-hydrogen) atoms. The van der Waals surface area contributed by atoms with Crippen molar-refractivity contribution in [1.29, 1.82) is 0 Å². The van der Waals surface area contributed by atoms with E-state index in [1.54, 1.807) is 24.0 Å². The number of carbonyl (C=O) groups excluding carboxylic acids is 1. The first kappa shape index (κ1) is 13.8. The second kappa shape index (κ2) is 5.54. The van der Waals surface area contributed by atoms with Crippen molar-refractivity contribution < 1.29 is 4.79 Å². The fourth-order valence-corrected chi connectivity index (χ4v) is 2.47. The Balaban J connectivity index is 2.35. The van der Waals surface area contributed by atoms with E-state index >= 15 is 0 Å². The van der Waals surface area contributed by atoms with Crippen molar-refractivity contribution in [2.24, 2.45) is 5.73 Å². The summed E-state index contributed by atoms with van der Waals surface area (Å²) < 4.78 is 2.58. The quantitative estimate of drug-likeness (QED) is 0.907. The van der Waals surface area contributed by atoms with E-state index in [-0.39, 0.29) is 11.9 Å². The summed E-state index contributed by atoms with van der Waals surface area (Å²) >= 11 is 3.49. The molecule has 0 fully saturated rings. The Morgan fingerprint density at radius 1 is 1.47 bits per heavy atom. The molecule has 0 radical (unpaired) electrons. The van der Waals surface area contributed by atoms with Crippen LogP contribution in [0.25, 0.3) is 5.69 Å². The molecule has 5 nitrogen and oxygen atoms in total. The first-order valence-corrected chi connectivity index (χ1v) is 6.65. The normalized spacial score (nSPS) is 12.2.